The summed E-state index contributed by atoms with van der Waals surface area (Å²) in [6, 6.07) is 15.5. The van der Waals surface area contributed by atoms with Gasteiger partial charge in [0.1, 0.15) is 0 Å². The van der Waals surface area contributed by atoms with Crippen LogP contribution in [0.1, 0.15) is 69.1 Å². The van der Waals surface area contributed by atoms with Crippen LogP contribution in [-0.4, -0.2) is 49.0 Å². The number of fused-ring (bicyclic) bond motifs is 5. The van der Waals surface area contributed by atoms with Crippen LogP contribution in [0.15, 0.2) is 53.4 Å². The third-order valence-electron chi connectivity index (χ3n) is 9.84. The predicted molar refractivity (Wildman–Crippen MR) is 163 cm³/mol. The van der Waals surface area contributed by atoms with Crippen LogP contribution < -0.4 is 9.46 Å². The van der Waals surface area contributed by atoms with Gasteiger partial charge in [0.05, 0.1) is 17.2 Å². The van der Waals surface area contributed by atoms with Crippen molar-refractivity contribution in [2.45, 2.75) is 82.1 Å². The summed E-state index contributed by atoms with van der Waals surface area (Å²) in [5.74, 6) is 1.09. The number of likely N-dealkylation sites (tertiary alicyclic amines) is 1. The molecule has 7 nitrogen and oxygen atoms in total. The summed E-state index contributed by atoms with van der Waals surface area (Å²) < 4.78 is 36.7. The number of ether oxygens (including phenoxy) is 1. The third-order valence-corrected chi connectivity index (χ3v) is 11.2. The van der Waals surface area contributed by atoms with Crippen molar-refractivity contribution < 1.29 is 13.2 Å². The van der Waals surface area contributed by atoms with Gasteiger partial charge in [-0.2, -0.15) is 4.98 Å². The fourth-order valence-corrected chi connectivity index (χ4v) is 8.77. The average molecular weight is 575 g/mol. The normalized spacial score (nSPS) is 27.4. The van der Waals surface area contributed by atoms with E-state index in [1.165, 1.54) is 19.3 Å². The molecule has 218 valence electrons. The molecule has 3 aromatic rings. The molecule has 0 amide bonds. The highest BCUT2D eigenvalue weighted by Crippen LogP contribution is 2.61. The summed E-state index contributed by atoms with van der Waals surface area (Å²) in [5, 5.41) is 0. The molecular formula is C33H42N4O3S. The lowest BCUT2D eigenvalue weighted by atomic mass is 9.47. The fourth-order valence-electron chi connectivity index (χ4n) is 7.78. The number of aromatic nitrogens is 2. The van der Waals surface area contributed by atoms with Crippen LogP contribution in [0, 0.1) is 25.7 Å². The number of anilines is 1. The summed E-state index contributed by atoms with van der Waals surface area (Å²) in [7, 11) is -1.66. The minimum atomic E-state index is -3.93. The molecule has 1 saturated carbocycles. The molecule has 3 heterocycles. The largest absolute Gasteiger partial charge is 0.477 e. The number of hydrogen-bond acceptors (Lipinski definition) is 6. The van der Waals surface area contributed by atoms with Crippen LogP contribution in [0.3, 0.4) is 0 Å². The van der Waals surface area contributed by atoms with Crippen LogP contribution in [0.25, 0.3) is 11.3 Å². The van der Waals surface area contributed by atoms with E-state index in [9.17, 15) is 8.42 Å². The second-order valence-electron chi connectivity index (χ2n) is 13.1. The zero-order valence-corrected chi connectivity index (χ0v) is 25.7. The highest BCUT2D eigenvalue weighted by Gasteiger charge is 2.60. The second-order valence-corrected chi connectivity index (χ2v) is 14.7. The number of rotatable bonds is 3. The van der Waals surface area contributed by atoms with Crippen molar-refractivity contribution in [3.05, 3.63) is 65.2 Å². The lowest BCUT2D eigenvalue weighted by Gasteiger charge is -2.64. The van der Waals surface area contributed by atoms with E-state index in [1.807, 2.05) is 50.2 Å². The van der Waals surface area contributed by atoms with E-state index in [0.717, 1.165) is 48.1 Å². The highest BCUT2D eigenvalue weighted by molar-refractivity contribution is 7.92. The lowest BCUT2D eigenvalue weighted by Crippen LogP contribution is -2.67. The smallest absolute Gasteiger partial charge is 0.264 e. The Balaban J connectivity index is 1.49. The van der Waals surface area contributed by atoms with Crippen molar-refractivity contribution in [2.75, 3.05) is 24.9 Å². The zero-order chi connectivity index (χ0) is 29.0. The zero-order valence-electron chi connectivity index (χ0n) is 24.9. The van der Waals surface area contributed by atoms with Gasteiger partial charge in [-0.25, -0.2) is 18.1 Å². The minimum absolute atomic E-state index is 0.0210. The fraction of sp³-hybridized carbons (Fsp3) is 0.515. The van der Waals surface area contributed by atoms with Gasteiger partial charge in [-0.1, -0.05) is 50.6 Å². The van der Waals surface area contributed by atoms with Gasteiger partial charge in [-0.05, 0) is 94.3 Å². The van der Waals surface area contributed by atoms with Crippen LogP contribution >= 0.6 is 0 Å². The molecule has 2 aromatic carbocycles. The molecule has 2 aliphatic heterocycles. The molecule has 6 rings (SSSR count). The van der Waals surface area contributed by atoms with Crippen LogP contribution in [0.2, 0.25) is 0 Å². The Kier molecular flexibility index (Phi) is 7.13. The highest BCUT2D eigenvalue weighted by atomic mass is 32.2. The Hall–Kier alpha value is -2.97. The van der Waals surface area contributed by atoms with Gasteiger partial charge in [0.2, 0.25) is 11.8 Å². The Bertz CT molecular complexity index is 1540. The summed E-state index contributed by atoms with van der Waals surface area (Å²) in [4.78, 5) is 12.0. The standard InChI is InChI=1S/C33H42N4O3S/c1-22(2)16-26-19-40-29-18-28(30-23(3)10-8-11-24(30)4)34-31(35-29)36-41(38,39)27-13-9-12-25(17-27)33(26)20-32(21-33)14-6-7-15-37(32)5/h8-13,17-18,22,26H,6-7,14-16,19-21H2,1-5H3,(H,34,35,36)/t26-,32?,33?/m1/s1. The molecule has 4 bridgehead atoms. The van der Waals surface area contributed by atoms with E-state index in [0.29, 0.717) is 24.1 Å². The van der Waals surface area contributed by atoms with Crippen molar-refractivity contribution in [3.8, 4) is 17.1 Å². The molecule has 0 unspecified atom stereocenters. The first kappa shape index (κ1) is 28.2. The first-order chi connectivity index (χ1) is 19.5. The van der Waals surface area contributed by atoms with Gasteiger partial charge in [-0.3, -0.25) is 0 Å². The SMILES string of the molecule is Cc1cccc(C)c1-c1cc2nc(n1)NS(=O)(=O)c1cccc(c1)C1(CC3(CCCCN3C)C1)[C@H](CC(C)C)CO2. The van der Waals surface area contributed by atoms with Gasteiger partial charge in [-0.15, -0.1) is 0 Å². The Labute approximate surface area is 244 Å². The molecule has 1 aromatic heterocycles. The number of sulfonamides is 1. The van der Waals surface area contributed by atoms with Crippen molar-refractivity contribution in [1.29, 1.82) is 0 Å². The van der Waals surface area contributed by atoms with E-state index in [4.69, 9.17) is 4.74 Å². The Morgan fingerprint density at radius 2 is 1.78 bits per heavy atom. The Morgan fingerprint density at radius 1 is 1.05 bits per heavy atom. The first-order valence-electron chi connectivity index (χ1n) is 14.9. The topological polar surface area (TPSA) is 84.4 Å². The minimum Gasteiger partial charge on any atom is -0.477 e. The quantitative estimate of drug-likeness (QED) is 0.384. The maximum atomic E-state index is 13.8. The van der Waals surface area contributed by atoms with E-state index >= 15 is 0 Å². The Morgan fingerprint density at radius 3 is 2.49 bits per heavy atom. The van der Waals surface area contributed by atoms with Crippen molar-refractivity contribution in [1.82, 2.24) is 14.9 Å². The molecule has 1 saturated heterocycles. The maximum Gasteiger partial charge on any atom is 0.264 e. The first-order valence-corrected chi connectivity index (χ1v) is 16.4. The van der Waals surface area contributed by atoms with Gasteiger partial charge in [0.15, 0.2) is 0 Å². The molecule has 1 aliphatic carbocycles. The number of aryl methyl sites for hydroxylation is 2. The van der Waals surface area contributed by atoms with Crippen LogP contribution in [0.4, 0.5) is 5.95 Å². The number of piperidine rings is 1. The van der Waals surface area contributed by atoms with Crippen LogP contribution in [0.5, 0.6) is 5.88 Å². The lowest BCUT2D eigenvalue weighted by molar-refractivity contribution is -0.0891. The summed E-state index contributed by atoms with van der Waals surface area (Å²) in [6.45, 7) is 10.2. The van der Waals surface area contributed by atoms with Crippen molar-refractivity contribution >= 4 is 16.0 Å². The number of benzene rings is 2. The third kappa shape index (κ3) is 5.03. The molecule has 1 N–H and O–H groups in total. The van der Waals surface area contributed by atoms with E-state index in [-0.39, 0.29) is 27.7 Å². The average Bonchev–Trinajstić information content (AvgIpc) is 2.89. The molecule has 1 atom stereocenters. The second kappa shape index (κ2) is 10.4. The monoisotopic (exact) mass is 574 g/mol. The molecule has 3 aliphatic rings. The summed E-state index contributed by atoms with van der Waals surface area (Å²) >= 11 is 0. The molecular weight excluding hydrogens is 532 g/mol. The van der Waals surface area contributed by atoms with Crippen molar-refractivity contribution in [3.63, 3.8) is 0 Å². The summed E-state index contributed by atoms with van der Waals surface area (Å²) in [5.41, 5.74) is 4.82. The van der Waals surface area contributed by atoms with Gasteiger partial charge >= 0.3 is 0 Å². The molecule has 8 heteroatoms. The van der Waals surface area contributed by atoms with Gasteiger partial charge in [0, 0.05) is 28.5 Å². The molecule has 0 radical (unpaired) electrons. The van der Waals surface area contributed by atoms with Gasteiger partial charge < -0.3 is 9.64 Å². The molecule has 2 spiro atoms. The molecule has 41 heavy (non-hydrogen) atoms. The molecule has 2 fully saturated rings. The number of nitrogens with zero attached hydrogens (tertiary/aromatic N) is 3. The number of hydrogen-bond donors (Lipinski definition) is 1. The van der Waals surface area contributed by atoms with E-state index in [1.54, 1.807) is 6.07 Å². The predicted octanol–water partition coefficient (Wildman–Crippen LogP) is 6.50. The number of nitrogens with one attached hydrogen (secondary N) is 1. The maximum absolute atomic E-state index is 13.8. The van der Waals surface area contributed by atoms with Crippen LogP contribution in [-0.2, 0) is 15.4 Å². The summed E-state index contributed by atoms with van der Waals surface area (Å²) in [6.07, 6.45) is 6.68. The van der Waals surface area contributed by atoms with Gasteiger partial charge in [0.25, 0.3) is 10.0 Å². The van der Waals surface area contributed by atoms with Crippen molar-refractivity contribution in [2.24, 2.45) is 11.8 Å². The van der Waals surface area contributed by atoms with E-state index in [2.05, 4.69) is 46.6 Å². The van der Waals surface area contributed by atoms with E-state index < -0.39 is 10.0 Å².